The Morgan fingerprint density at radius 1 is 0.926 bits per heavy atom. The van der Waals surface area contributed by atoms with Crippen LogP contribution >= 0.6 is 0 Å². The van der Waals surface area contributed by atoms with E-state index in [1.165, 1.54) is 0 Å². The molecule has 0 saturated carbocycles. The zero-order chi connectivity index (χ0) is 19.8. The van der Waals surface area contributed by atoms with Gasteiger partial charge in [-0.15, -0.1) is 0 Å². The molecule has 6 heteroatoms. The first-order valence-corrected chi connectivity index (χ1v) is 9.30. The third-order valence-electron chi connectivity index (χ3n) is 4.13. The summed E-state index contributed by atoms with van der Waals surface area (Å²) in [5.41, 5.74) is 1.76. The van der Waals surface area contributed by atoms with Crippen LogP contribution < -0.4 is 10.2 Å². The van der Waals surface area contributed by atoms with Crippen molar-refractivity contribution >= 4 is 23.3 Å². The van der Waals surface area contributed by atoms with Crippen molar-refractivity contribution in [3.05, 3.63) is 53.7 Å². The maximum Gasteiger partial charge on any atom is 0.257 e. The number of carbonyl (C=O) groups excluding carboxylic acids is 2. The fourth-order valence-corrected chi connectivity index (χ4v) is 2.72. The first kappa shape index (κ1) is 20.4. The molecule has 1 aromatic heterocycles. The highest BCUT2D eigenvalue weighted by Crippen LogP contribution is 2.14. The van der Waals surface area contributed by atoms with Crippen molar-refractivity contribution in [3.8, 4) is 0 Å². The molecule has 1 heterocycles. The summed E-state index contributed by atoms with van der Waals surface area (Å²) >= 11 is 0. The van der Waals surface area contributed by atoms with E-state index in [0.717, 1.165) is 31.7 Å². The van der Waals surface area contributed by atoms with Gasteiger partial charge < -0.3 is 15.1 Å². The Morgan fingerprint density at radius 3 is 2.00 bits per heavy atom. The fourth-order valence-electron chi connectivity index (χ4n) is 2.72. The maximum absolute atomic E-state index is 12.6. The number of hydrogen-bond donors (Lipinski definition) is 1. The van der Waals surface area contributed by atoms with E-state index in [-0.39, 0.29) is 11.8 Å². The molecule has 0 aliphatic heterocycles. The van der Waals surface area contributed by atoms with E-state index >= 15 is 0 Å². The van der Waals surface area contributed by atoms with Gasteiger partial charge in [-0.25, -0.2) is 4.98 Å². The molecular formula is C21H28N4O2. The predicted molar refractivity (Wildman–Crippen MR) is 109 cm³/mol. The van der Waals surface area contributed by atoms with E-state index in [0.29, 0.717) is 16.8 Å². The van der Waals surface area contributed by atoms with Gasteiger partial charge in [-0.05, 0) is 49.2 Å². The molecule has 0 atom stereocenters. The molecule has 0 bridgehead atoms. The molecule has 0 aliphatic carbocycles. The molecule has 2 rings (SSSR count). The topological polar surface area (TPSA) is 65.5 Å². The molecule has 1 N–H and O–H groups in total. The highest BCUT2D eigenvalue weighted by molar-refractivity contribution is 6.04. The number of nitrogens with zero attached hydrogens (tertiary/aromatic N) is 3. The molecule has 0 spiro atoms. The van der Waals surface area contributed by atoms with Crippen LogP contribution in [0.3, 0.4) is 0 Å². The number of rotatable bonds is 8. The molecule has 0 fully saturated rings. The van der Waals surface area contributed by atoms with Gasteiger partial charge in [-0.1, -0.05) is 13.8 Å². The van der Waals surface area contributed by atoms with Gasteiger partial charge in [0.25, 0.3) is 11.8 Å². The second-order valence-electron chi connectivity index (χ2n) is 6.62. The van der Waals surface area contributed by atoms with Crippen molar-refractivity contribution < 1.29 is 9.59 Å². The summed E-state index contributed by atoms with van der Waals surface area (Å²) in [6.45, 7) is 5.63. The number of hydrogen-bond acceptors (Lipinski definition) is 4. The summed E-state index contributed by atoms with van der Waals surface area (Å²) in [5.74, 6) is 0.587. The van der Waals surface area contributed by atoms with Crippen LogP contribution in [-0.4, -0.2) is 48.9 Å². The maximum atomic E-state index is 12.6. The summed E-state index contributed by atoms with van der Waals surface area (Å²) in [6, 6.07) is 10.6. The number of benzene rings is 1. The molecule has 0 aliphatic rings. The minimum absolute atomic E-state index is 0.0278. The summed E-state index contributed by atoms with van der Waals surface area (Å²) in [7, 11) is 3.79. The Morgan fingerprint density at radius 2 is 1.52 bits per heavy atom. The van der Waals surface area contributed by atoms with Gasteiger partial charge in [0.05, 0.1) is 5.56 Å². The molecular weight excluding hydrogens is 340 g/mol. The number of carbonyl (C=O) groups is 2. The lowest BCUT2D eigenvalue weighted by Gasteiger charge is -2.21. The molecule has 0 unspecified atom stereocenters. The van der Waals surface area contributed by atoms with Crippen LogP contribution in [0, 0.1) is 0 Å². The zero-order valence-electron chi connectivity index (χ0n) is 16.5. The largest absolute Gasteiger partial charge is 0.363 e. The van der Waals surface area contributed by atoms with Crippen LogP contribution in [0.2, 0.25) is 0 Å². The average molecular weight is 368 g/mol. The van der Waals surface area contributed by atoms with E-state index in [1.54, 1.807) is 42.6 Å². The van der Waals surface area contributed by atoms with Crippen LogP contribution in [0.1, 0.15) is 47.4 Å². The van der Waals surface area contributed by atoms with Crippen LogP contribution in [0.4, 0.5) is 11.5 Å². The summed E-state index contributed by atoms with van der Waals surface area (Å²) in [4.78, 5) is 32.9. The molecule has 1 aromatic carbocycles. The predicted octanol–water partition coefficient (Wildman–Crippen LogP) is 3.66. The summed E-state index contributed by atoms with van der Waals surface area (Å²) < 4.78 is 0. The average Bonchev–Trinajstić information content (AvgIpc) is 2.68. The Kier molecular flexibility index (Phi) is 7.34. The second kappa shape index (κ2) is 9.71. The lowest BCUT2D eigenvalue weighted by Crippen LogP contribution is -2.32. The molecule has 0 radical (unpaired) electrons. The SMILES string of the molecule is CCCN(CCC)C(=O)c1ccc(NC(=O)c2ccc(N(C)C)nc2)cc1. The van der Waals surface area contributed by atoms with Crippen molar-refractivity contribution in [2.45, 2.75) is 26.7 Å². The monoisotopic (exact) mass is 368 g/mol. The highest BCUT2D eigenvalue weighted by atomic mass is 16.2. The quantitative estimate of drug-likeness (QED) is 0.772. The van der Waals surface area contributed by atoms with Gasteiger partial charge in [-0.3, -0.25) is 9.59 Å². The van der Waals surface area contributed by atoms with Crippen LogP contribution in [0.15, 0.2) is 42.6 Å². The van der Waals surface area contributed by atoms with Gasteiger partial charge in [0.1, 0.15) is 5.82 Å². The highest BCUT2D eigenvalue weighted by Gasteiger charge is 2.14. The number of amides is 2. The zero-order valence-corrected chi connectivity index (χ0v) is 16.5. The van der Waals surface area contributed by atoms with Gasteiger partial charge in [0.2, 0.25) is 0 Å². The van der Waals surface area contributed by atoms with Crippen LogP contribution in [0.5, 0.6) is 0 Å². The number of aromatic nitrogens is 1. The smallest absolute Gasteiger partial charge is 0.257 e. The first-order chi connectivity index (χ1) is 13.0. The Balaban J connectivity index is 2.04. The third-order valence-corrected chi connectivity index (χ3v) is 4.13. The summed E-state index contributed by atoms with van der Waals surface area (Å²) in [5, 5.41) is 2.84. The van der Waals surface area contributed by atoms with Crippen molar-refractivity contribution in [1.29, 1.82) is 0 Å². The normalized spacial score (nSPS) is 10.4. The minimum Gasteiger partial charge on any atom is -0.363 e. The molecule has 0 saturated heterocycles. The van der Waals surface area contributed by atoms with E-state index in [9.17, 15) is 9.59 Å². The first-order valence-electron chi connectivity index (χ1n) is 9.30. The van der Waals surface area contributed by atoms with E-state index in [2.05, 4.69) is 24.1 Å². The van der Waals surface area contributed by atoms with Gasteiger partial charge in [0.15, 0.2) is 0 Å². The Labute approximate surface area is 161 Å². The standard InChI is InChI=1S/C21H28N4O2/c1-5-13-25(14-6-2)21(27)16-7-10-18(11-8-16)23-20(26)17-9-12-19(22-15-17)24(3)4/h7-12,15H,5-6,13-14H2,1-4H3,(H,23,26). The number of nitrogens with one attached hydrogen (secondary N) is 1. The third kappa shape index (κ3) is 5.54. The molecule has 2 amide bonds. The Hall–Kier alpha value is -2.89. The van der Waals surface area contributed by atoms with Crippen LogP contribution in [0.25, 0.3) is 0 Å². The van der Waals surface area contributed by atoms with Crippen molar-refractivity contribution in [2.75, 3.05) is 37.4 Å². The Bertz CT molecular complexity index is 749. The van der Waals surface area contributed by atoms with E-state index in [4.69, 9.17) is 0 Å². The number of anilines is 2. The lowest BCUT2D eigenvalue weighted by molar-refractivity contribution is 0.0755. The lowest BCUT2D eigenvalue weighted by atomic mass is 10.1. The molecule has 2 aromatic rings. The minimum atomic E-state index is -0.231. The molecule has 6 nitrogen and oxygen atoms in total. The second-order valence-corrected chi connectivity index (χ2v) is 6.62. The van der Waals surface area contributed by atoms with Gasteiger partial charge in [-0.2, -0.15) is 0 Å². The fraction of sp³-hybridized carbons (Fsp3) is 0.381. The van der Waals surface area contributed by atoms with Crippen molar-refractivity contribution in [3.63, 3.8) is 0 Å². The molecule has 144 valence electrons. The van der Waals surface area contributed by atoms with Crippen molar-refractivity contribution in [1.82, 2.24) is 9.88 Å². The van der Waals surface area contributed by atoms with E-state index < -0.39 is 0 Å². The van der Waals surface area contributed by atoms with Gasteiger partial charge >= 0.3 is 0 Å². The van der Waals surface area contributed by atoms with Gasteiger partial charge in [0, 0.05) is 44.6 Å². The van der Waals surface area contributed by atoms with Crippen molar-refractivity contribution in [2.24, 2.45) is 0 Å². The summed E-state index contributed by atoms with van der Waals surface area (Å²) in [6.07, 6.45) is 3.41. The van der Waals surface area contributed by atoms with Crippen LogP contribution in [-0.2, 0) is 0 Å². The molecule has 27 heavy (non-hydrogen) atoms. The number of pyridine rings is 1. The van der Waals surface area contributed by atoms with E-state index in [1.807, 2.05) is 23.9 Å².